The fraction of sp³-hybridized carbons (Fsp3) is 0.947. The summed E-state index contributed by atoms with van der Waals surface area (Å²) in [7, 11) is 4.34. The van der Waals surface area contributed by atoms with E-state index in [-0.39, 0.29) is 0 Å². The second kappa shape index (κ2) is 13.5. The Morgan fingerprint density at radius 3 is 1.50 bits per heavy atom. The molecule has 5 heteroatoms. The Hall–Kier alpha value is -0.810. The van der Waals surface area contributed by atoms with Crippen molar-refractivity contribution in [2.45, 2.75) is 79.1 Å². The number of quaternary nitrogens is 1. The van der Waals surface area contributed by atoms with Crippen LogP contribution in [0.5, 0.6) is 0 Å². The van der Waals surface area contributed by atoms with Gasteiger partial charge in [-0.2, -0.15) is 4.59 Å². The predicted octanol–water partition coefficient (Wildman–Crippen LogP) is 4.01. The van der Waals surface area contributed by atoms with Gasteiger partial charge >= 0.3 is 5.96 Å². The highest BCUT2D eigenvalue weighted by Crippen LogP contribution is 2.11. The molecule has 0 bridgehead atoms. The maximum Gasteiger partial charge on any atom is 0.336 e. The summed E-state index contributed by atoms with van der Waals surface area (Å²) in [5, 5.41) is 9.46. The third kappa shape index (κ3) is 8.88. The summed E-state index contributed by atoms with van der Waals surface area (Å²) in [6, 6.07) is 0. The van der Waals surface area contributed by atoms with Gasteiger partial charge in [-0.05, 0) is 25.7 Å². The molecule has 0 saturated carbocycles. The minimum Gasteiger partial charge on any atom is -0.335 e. The number of hydrogen-bond donors (Lipinski definition) is 1. The number of guanidine groups is 1. The molecule has 0 aromatic rings. The summed E-state index contributed by atoms with van der Waals surface area (Å²) < 4.78 is 0.564. The first-order chi connectivity index (χ1) is 11.4. The number of hydrazone groups is 1. The number of rotatable bonds is 14. The van der Waals surface area contributed by atoms with Gasteiger partial charge in [0.05, 0.1) is 14.1 Å². The van der Waals surface area contributed by atoms with E-state index in [1.54, 1.807) is 0 Å². The van der Waals surface area contributed by atoms with Crippen molar-refractivity contribution >= 4 is 5.96 Å². The molecule has 24 heavy (non-hydrogen) atoms. The van der Waals surface area contributed by atoms with Crippen molar-refractivity contribution in [2.75, 3.05) is 40.3 Å². The third-order valence-electron chi connectivity index (χ3n) is 4.59. The summed E-state index contributed by atoms with van der Waals surface area (Å²) in [6.45, 7) is 13.1. The normalized spacial score (nSPS) is 12.9. The van der Waals surface area contributed by atoms with Gasteiger partial charge in [0.1, 0.15) is 0 Å². The minimum absolute atomic E-state index is 0.564. The topological polar surface area (TPSA) is 44.9 Å². The number of nitrogens with two attached hydrogens (primary N) is 1. The molecule has 0 aliphatic heterocycles. The van der Waals surface area contributed by atoms with Gasteiger partial charge in [-0.15, -0.1) is 10.1 Å². The average molecular weight is 343 g/mol. The maximum atomic E-state index is 6.48. The SMILES string of the molecule is CCCCN(CCCC)N=C(N)[N+](C)(C)N(CCCC)CCCC. The van der Waals surface area contributed by atoms with E-state index < -0.39 is 0 Å². The molecule has 0 saturated heterocycles. The van der Waals surface area contributed by atoms with Crippen LogP contribution in [-0.4, -0.2) is 60.8 Å². The standard InChI is InChI=1S/C19H44N5/c1-7-11-15-22(16-12-8-2)21-19(20)24(5,6)23(17-13-9-3)18-14-10-4/h7-18H2,1-6H3,(H2,20,21)/q+1. The lowest BCUT2D eigenvalue weighted by Gasteiger charge is -2.38. The fourth-order valence-corrected chi connectivity index (χ4v) is 2.59. The predicted molar refractivity (Wildman–Crippen MR) is 107 cm³/mol. The lowest BCUT2D eigenvalue weighted by Crippen LogP contribution is -2.62. The second-order valence-corrected chi connectivity index (χ2v) is 7.17. The number of nitrogens with zero attached hydrogens (tertiary/aromatic N) is 4. The summed E-state index contributed by atoms with van der Waals surface area (Å²) in [5.41, 5.74) is 6.48. The maximum absolute atomic E-state index is 6.48. The average Bonchev–Trinajstić information content (AvgIpc) is 2.56. The Kier molecular flexibility index (Phi) is 13.0. The molecule has 0 aliphatic carbocycles. The van der Waals surface area contributed by atoms with Crippen molar-refractivity contribution in [1.29, 1.82) is 0 Å². The highest BCUT2D eigenvalue weighted by Gasteiger charge is 2.30. The molecule has 0 aromatic heterocycles. The molecule has 0 unspecified atom stereocenters. The molecule has 144 valence electrons. The van der Waals surface area contributed by atoms with Crippen LogP contribution in [0.2, 0.25) is 0 Å². The van der Waals surface area contributed by atoms with Crippen LogP contribution >= 0.6 is 0 Å². The van der Waals surface area contributed by atoms with Crippen LogP contribution in [0.1, 0.15) is 79.1 Å². The van der Waals surface area contributed by atoms with Gasteiger partial charge in [0.25, 0.3) is 0 Å². The Balaban J connectivity index is 5.09. The zero-order valence-corrected chi connectivity index (χ0v) is 17.4. The van der Waals surface area contributed by atoms with Gasteiger partial charge in [0, 0.05) is 26.2 Å². The van der Waals surface area contributed by atoms with Crippen LogP contribution in [0.15, 0.2) is 5.10 Å². The molecule has 0 aliphatic rings. The molecular weight excluding hydrogens is 298 g/mol. The van der Waals surface area contributed by atoms with E-state index in [1.165, 1.54) is 51.4 Å². The Morgan fingerprint density at radius 1 is 0.750 bits per heavy atom. The van der Waals surface area contributed by atoms with E-state index in [0.29, 0.717) is 10.6 Å². The van der Waals surface area contributed by atoms with E-state index in [9.17, 15) is 0 Å². The van der Waals surface area contributed by atoms with Crippen molar-refractivity contribution in [3.05, 3.63) is 0 Å². The summed E-state index contributed by atoms with van der Waals surface area (Å²) in [4.78, 5) is 0. The monoisotopic (exact) mass is 342 g/mol. The first-order valence-electron chi connectivity index (χ1n) is 10.1. The van der Waals surface area contributed by atoms with Gasteiger partial charge in [-0.1, -0.05) is 53.4 Å². The second-order valence-electron chi connectivity index (χ2n) is 7.17. The molecule has 0 amide bonds. The quantitative estimate of drug-likeness (QED) is 0.224. The number of unbranched alkanes of at least 4 members (excludes halogenated alkanes) is 4. The van der Waals surface area contributed by atoms with Gasteiger partial charge < -0.3 is 5.73 Å². The smallest absolute Gasteiger partial charge is 0.335 e. The van der Waals surface area contributed by atoms with E-state index in [1.807, 2.05) is 0 Å². The molecule has 0 spiro atoms. The zero-order valence-electron chi connectivity index (χ0n) is 17.4. The van der Waals surface area contributed by atoms with Crippen molar-refractivity contribution < 1.29 is 4.59 Å². The van der Waals surface area contributed by atoms with E-state index in [0.717, 1.165) is 26.2 Å². The summed E-state index contributed by atoms with van der Waals surface area (Å²) >= 11 is 0. The lowest BCUT2D eigenvalue weighted by atomic mass is 10.3. The van der Waals surface area contributed by atoms with Crippen LogP contribution < -0.4 is 5.73 Å². The van der Waals surface area contributed by atoms with E-state index >= 15 is 0 Å². The van der Waals surface area contributed by atoms with Crippen molar-refractivity contribution in [3.8, 4) is 0 Å². The molecule has 5 nitrogen and oxygen atoms in total. The Morgan fingerprint density at radius 2 is 1.12 bits per heavy atom. The highest BCUT2D eigenvalue weighted by molar-refractivity contribution is 5.70. The van der Waals surface area contributed by atoms with Crippen LogP contribution in [-0.2, 0) is 0 Å². The van der Waals surface area contributed by atoms with Crippen LogP contribution in [0.4, 0.5) is 0 Å². The Labute approximate surface area is 151 Å². The fourth-order valence-electron chi connectivity index (χ4n) is 2.59. The highest BCUT2D eigenvalue weighted by atomic mass is 15.8. The van der Waals surface area contributed by atoms with Gasteiger partial charge in [0.15, 0.2) is 0 Å². The first kappa shape index (κ1) is 23.2. The molecule has 0 atom stereocenters. The van der Waals surface area contributed by atoms with E-state index in [2.05, 4.69) is 51.8 Å². The first-order valence-corrected chi connectivity index (χ1v) is 10.1. The zero-order chi connectivity index (χ0) is 18.4. The lowest BCUT2D eigenvalue weighted by molar-refractivity contribution is -0.926. The molecule has 0 aromatic carbocycles. The molecule has 0 fully saturated rings. The summed E-state index contributed by atoms with van der Waals surface area (Å²) in [5.74, 6) is 0.703. The van der Waals surface area contributed by atoms with E-state index in [4.69, 9.17) is 10.8 Å². The van der Waals surface area contributed by atoms with Crippen LogP contribution in [0, 0.1) is 0 Å². The molecule has 0 radical (unpaired) electrons. The molecule has 0 rings (SSSR count). The largest absolute Gasteiger partial charge is 0.336 e. The third-order valence-corrected chi connectivity index (χ3v) is 4.59. The van der Waals surface area contributed by atoms with Crippen molar-refractivity contribution in [1.82, 2.24) is 10.0 Å². The Bertz CT molecular complexity index is 312. The molecular formula is C19H44N5+. The van der Waals surface area contributed by atoms with Crippen LogP contribution in [0.3, 0.4) is 0 Å². The van der Waals surface area contributed by atoms with Gasteiger partial charge in [-0.25, -0.2) is 0 Å². The molecule has 0 heterocycles. The summed E-state index contributed by atoms with van der Waals surface area (Å²) in [6.07, 6.45) is 9.54. The van der Waals surface area contributed by atoms with Crippen LogP contribution in [0.25, 0.3) is 0 Å². The molecule has 2 N–H and O–H groups in total. The minimum atomic E-state index is 0.564. The number of hydrogen-bond acceptors (Lipinski definition) is 3. The van der Waals surface area contributed by atoms with Gasteiger partial charge in [-0.3, -0.25) is 5.01 Å². The van der Waals surface area contributed by atoms with Crippen molar-refractivity contribution in [3.63, 3.8) is 0 Å². The van der Waals surface area contributed by atoms with Crippen molar-refractivity contribution in [2.24, 2.45) is 10.8 Å². The van der Waals surface area contributed by atoms with Gasteiger partial charge in [0.2, 0.25) is 0 Å².